The number of Topliss-reactive ketones (excluding diaryl/α,β-unsaturated/α-hetero) is 1. The molecule has 8 rings (SSSR count). The summed E-state index contributed by atoms with van der Waals surface area (Å²) in [5.74, 6) is 2.89. The summed E-state index contributed by atoms with van der Waals surface area (Å²) in [6.45, 7) is 6.11. The third kappa shape index (κ3) is 3.66. The van der Waals surface area contributed by atoms with Gasteiger partial charge in [0.15, 0.2) is 0 Å². The molecule has 4 unspecified atom stereocenters. The molecule has 8 saturated carbocycles. The molecule has 5 nitrogen and oxygen atoms in total. The minimum atomic E-state index is -0.438. The Labute approximate surface area is 204 Å². The van der Waals surface area contributed by atoms with Crippen molar-refractivity contribution in [3.63, 3.8) is 0 Å². The monoisotopic (exact) mass is 470 g/mol. The highest BCUT2D eigenvalue weighted by molar-refractivity contribution is 5.86. The predicted molar refractivity (Wildman–Crippen MR) is 126 cm³/mol. The number of rotatable bonds is 7. The second-order valence-electron chi connectivity index (χ2n) is 13.5. The summed E-state index contributed by atoms with van der Waals surface area (Å²) in [6.07, 6.45) is 11.7. The number of hydrogen-bond donors (Lipinski definition) is 0. The van der Waals surface area contributed by atoms with Crippen LogP contribution < -0.4 is 0 Å². The molecule has 0 radical (unpaired) electrons. The molecule has 0 heterocycles. The van der Waals surface area contributed by atoms with Crippen LogP contribution in [-0.2, 0) is 23.9 Å². The Morgan fingerprint density at radius 2 is 1.44 bits per heavy atom. The number of ketones is 1. The van der Waals surface area contributed by atoms with Gasteiger partial charge in [-0.1, -0.05) is 13.8 Å². The second-order valence-corrected chi connectivity index (χ2v) is 13.5. The Kier molecular flexibility index (Phi) is 5.46. The van der Waals surface area contributed by atoms with Crippen LogP contribution in [-0.4, -0.2) is 28.9 Å². The van der Waals surface area contributed by atoms with E-state index < -0.39 is 5.60 Å². The van der Waals surface area contributed by atoms with Gasteiger partial charge in [0.1, 0.15) is 17.0 Å². The first-order valence-electron chi connectivity index (χ1n) is 14.2. The number of hydrogen-bond acceptors (Lipinski definition) is 5. The van der Waals surface area contributed by atoms with Gasteiger partial charge in [-0.25, -0.2) is 0 Å². The summed E-state index contributed by atoms with van der Waals surface area (Å²) in [5.41, 5.74) is -0.765. The topological polar surface area (TPSA) is 69.7 Å². The number of esters is 2. The molecule has 8 aliphatic rings. The van der Waals surface area contributed by atoms with E-state index in [9.17, 15) is 14.4 Å². The maximum atomic E-state index is 13.3. The molecule has 0 aromatic carbocycles. The van der Waals surface area contributed by atoms with Gasteiger partial charge in [0, 0.05) is 11.8 Å². The van der Waals surface area contributed by atoms with E-state index in [1.54, 1.807) is 0 Å². The summed E-state index contributed by atoms with van der Waals surface area (Å²) in [4.78, 5) is 39.0. The summed E-state index contributed by atoms with van der Waals surface area (Å²) in [7, 11) is 0. The lowest BCUT2D eigenvalue weighted by Gasteiger charge is -2.59. The molecule has 0 N–H and O–H groups in total. The molecule has 8 bridgehead atoms. The highest BCUT2D eigenvalue weighted by Crippen LogP contribution is 2.60. The van der Waals surface area contributed by atoms with Crippen LogP contribution >= 0.6 is 0 Å². The SMILES string of the molecule is CCC(CC(C)C(=O)OC1(C)C2CC3CC(C2)CC1C3)C(=O)OC12CC3CC(C1)C(=O)C(C3)C2. The van der Waals surface area contributed by atoms with Crippen LogP contribution in [0.3, 0.4) is 0 Å². The van der Waals surface area contributed by atoms with E-state index in [0.29, 0.717) is 49.2 Å². The Hall–Kier alpha value is -1.39. The largest absolute Gasteiger partial charge is 0.459 e. The number of carbonyl (C=O) groups is 3. The van der Waals surface area contributed by atoms with Gasteiger partial charge in [0.05, 0.1) is 11.8 Å². The van der Waals surface area contributed by atoms with E-state index in [0.717, 1.165) is 31.1 Å². The second kappa shape index (κ2) is 8.06. The summed E-state index contributed by atoms with van der Waals surface area (Å²) in [5, 5.41) is 0. The Bertz CT molecular complexity index is 830. The minimum Gasteiger partial charge on any atom is -0.459 e. The molecule has 8 aliphatic carbocycles. The van der Waals surface area contributed by atoms with Gasteiger partial charge in [-0.05, 0) is 114 Å². The first kappa shape index (κ1) is 23.0. The van der Waals surface area contributed by atoms with Crippen molar-refractivity contribution in [2.45, 2.75) is 109 Å². The fourth-order valence-corrected chi connectivity index (χ4v) is 9.65. The van der Waals surface area contributed by atoms with Crippen molar-refractivity contribution in [1.29, 1.82) is 0 Å². The lowest BCUT2D eigenvalue weighted by molar-refractivity contribution is -0.207. The zero-order chi connectivity index (χ0) is 23.8. The van der Waals surface area contributed by atoms with Crippen molar-refractivity contribution in [2.75, 3.05) is 0 Å². The molecule has 0 spiro atoms. The maximum Gasteiger partial charge on any atom is 0.309 e. The molecule has 5 heteroatoms. The first-order valence-corrected chi connectivity index (χ1v) is 14.2. The normalized spacial score (nSPS) is 47.5. The molecule has 0 aromatic rings. The molecular formula is C29H42O5. The molecule has 0 aromatic heterocycles. The van der Waals surface area contributed by atoms with Gasteiger partial charge in [-0.3, -0.25) is 14.4 Å². The molecule has 188 valence electrons. The van der Waals surface area contributed by atoms with Crippen molar-refractivity contribution in [1.82, 2.24) is 0 Å². The summed E-state index contributed by atoms with van der Waals surface area (Å²) in [6, 6.07) is 0. The van der Waals surface area contributed by atoms with E-state index in [1.165, 1.54) is 32.1 Å². The molecule has 8 fully saturated rings. The lowest BCUT2D eigenvalue weighted by Crippen LogP contribution is -2.58. The van der Waals surface area contributed by atoms with Crippen molar-refractivity contribution in [3.05, 3.63) is 0 Å². The zero-order valence-electron chi connectivity index (χ0n) is 21.2. The summed E-state index contributed by atoms with van der Waals surface area (Å²) < 4.78 is 12.6. The van der Waals surface area contributed by atoms with E-state index in [2.05, 4.69) is 6.92 Å². The van der Waals surface area contributed by atoms with Gasteiger partial charge >= 0.3 is 11.9 Å². The van der Waals surface area contributed by atoms with Crippen LogP contribution in [0, 0.1) is 53.3 Å². The van der Waals surface area contributed by atoms with E-state index in [-0.39, 0.29) is 41.2 Å². The average molecular weight is 471 g/mol. The fraction of sp³-hybridized carbons (Fsp3) is 0.897. The van der Waals surface area contributed by atoms with Gasteiger partial charge < -0.3 is 9.47 Å². The van der Waals surface area contributed by atoms with Crippen LogP contribution in [0.1, 0.15) is 97.8 Å². The Morgan fingerprint density at radius 3 is 2.00 bits per heavy atom. The molecule has 34 heavy (non-hydrogen) atoms. The predicted octanol–water partition coefficient (Wildman–Crippen LogP) is 5.49. The smallest absolute Gasteiger partial charge is 0.309 e. The van der Waals surface area contributed by atoms with Crippen LogP contribution in [0.4, 0.5) is 0 Å². The van der Waals surface area contributed by atoms with Crippen LogP contribution in [0.5, 0.6) is 0 Å². The van der Waals surface area contributed by atoms with E-state index in [4.69, 9.17) is 9.47 Å². The van der Waals surface area contributed by atoms with E-state index >= 15 is 0 Å². The maximum absolute atomic E-state index is 13.3. The highest BCUT2D eigenvalue weighted by atomic mass is 16.6. The van der Waals surface area contributed by atoms with Gasteiger partial charge in [-0.2, -0.15) is 0 Å². The average Bonchev–Trinajstić information content (AvgIpc) is 2.78. The van der Waals surface area contributed by atoms with Crippen molar-refractivity contribution in [3.8, 4) is 0 Å². The van der Waals surface area contributed by atoms with E-state index in [1.807, 2.05) is 13.8 Å². The number of ether oxygens (including phenoxy) is 2. The van der Waals surface area contributed by atoms with Gasteiger partial charge in [-0.15, -0.1) is 0 Å². The minimum absolute atomic E-state index is 0.0924. The number of carbonyl (C=O) groups excluding carboxylic acids is 3. The highest BCUT2D eigenvalue weighted by Gasteiger charge is 2.58. The van der Waals surface area contributed by atoms with Crippen LogP contribution in [0.25, 0.3) is 0 Å². The third-order valence-corrected chi connectivity index (χ3v) is 11.2. The van der Waals surface area contributed by atoms with Crippen molar-refractivity contribution in [2.24, 2.45) is 53.3 Å². The van der Waals surface area contributed by atoms with Crippen molar-refractivity contribution < 1.29 is 23.9 Å². The Balaban J connectivity index is 1.08. The van der Waals surface area contributed by atoms with Gasteiger partial charge in [0.25, 0.3) is 0 Å². The molecule has 0 aliphatic heterocycles. The fourth-order valence-electron chi connectivity index (χ4n) is 9.65. The molecule has 0 saturated heterocycles. The standard InChI is InChI=1S/C29H42O5/c1-4-20(27(32)34-29-13-19-7-21(14-29)25(30)22(8-19)15-29)5-16(2)26(31)33-28(3)23-9-17-6-18(11-23)12-24(28)10-17/h16-24H,4-15H2,1-3H3. The lowest BCUT2D eigenvalue weighted by atomic mass is 9.50. The van der Waals surface area contributed by atoms with Crippen LogP contribution in [0.15, 0.2) is 0 Å². The third-order valence-electron chi connectivity index (χ3n) is 11.2. The zero-order valence-corrected chi connectivity index (χ0v) is 21.2. The quantitative estimate of drug-likeness (QED) is 0.460. The molecular weight excluding hydrogens is 428 g/mol. The van der Waals surface area contributed by atoms with Crippen molar-refractivity contribution >= 4 is 17.7 Å². The Morgan fingerprint density at radius 1 is 0.853 bits per heavy atom. The van der Waals surface area contributed by atoms with Gasteiger partial charge in [0.2, 0.25) is 0 Å². The first-order chi connectivity index (χ1) is 16.2. The molecule has 4 atom stereocenters. The van der Waals surface area contributed by atoms with Crippen LogP contribution in [0.2, 0.25) is 0 Å². The molecule has 0 amide bonds. The summed E-state index contributed by atoms with van der Waals surface area (Å²) >= 11 is 0.